The first-order valence-corrected chi connectivity index (χ1v) is 14.7. The summed E-state index contributed by atoms with van der Waals surface area (Å²) in [4.78, 5) is 28.6. The molecule has 0 aromatic heterocycles. The zero-order valence-electron chi connectivity index (χ0n) is 21.2. The molecule has 1 aliphatic rings. The molecule has 7 nitrogen and oxygen atoms in total. The molecule has 1 N–H and O–H groups in total. The Morgan fingerprint density at radius 3 is 2.36 bits per heavy atom. The number of halogens is 1. The van der Waals surface area contributed by atoms with E-state index in [0.29, 0.717) is 35.7 Å². The molecule has 2 aromatic carbocycles. The fourth-order valence-corrected chi connectivity index (χ4v) is 5.89. The van der Waals surface area contributed by atoms with Crippen molar-refractivity contribution in [2.75, 3.05) is 23.7 Å². The molecule has 1 atom stereocenters. The van der Waals surface area contributed by atoms with E-state index in [1.54, 1.807) is 30.0 Å². The molecule has 2 amide bonds. The second-order valence-electron chi connectivity index (χ2n) is 9.44. The number of sulfonamides is 1. The number of benzene rings is 2. The number of nitrogens with zero attached hydrogens (tertiary/aromatic N) is 2. The molecule has 1 saturated carbocycles. The van der Waals surface area contributed by atoms with Gasteiger partial charge in [0.15, 0.2) is 0 Å². The van der Waals surface area contributed by atoms with Crippen molar-refractivity contribution in [1.29, 1.82) is 0 Å². The number of hydrogen-bond acceptors (Lipinski definition) is 4. The van der Waals surface area contributed by atoms with E-state index in [0.717, 1.165) is 41.8 Å². The summed E-state index contributed by atoms with van der Waals surface area (Å²) in [5, 5.41) is 3.60. The molecule has 1 unspecified atom stereocenters. The number of aryl methyl sites for hydroxylation is 1. The van der Waals surface area contributed by atoms with Crippen LogP contribution in [-0.2, 0) is 26.0 Å². The number of hydrogen-bond donors (Lipinski definition) is 1. The topological polar surface area (TPSA) is 86.8 Å². The Hall–Kier alpha value is -2.58. The van der Waals surface area contributed by atoms with Crippen LogP contribution < -0.4 is 9.62 Å². The van der Waals surface area contributed by atoms with E-state index >= 15 is 0 Å². The van der Waals surface area contributed by atoms with Crippen molar-refractivity contribution >= 4 is 39.1 Å². The van der Waals surface area contributed by atoms with E-state index in [-0.39, 0.29) is 11.9 Å². The van der Waals surface area contributed by atoms with Gasteiger partial charge in [0.25, 0.3) is 0 Å². The third kappa shape index (κ3) is 7.46. The average molecular weight is 534 g/mol. The maximum Gasteiger partial charge on any atom is 0.244 e. The van der Waals surface area contributed by atoms with Gasteiger partial charge in [0.2, 0.25) is 21.8 Å². The van der Waals surface area contributed by atoms with E-state index < -0.39 is 28.5 Å². The van der Waals surface area contributed by atoms with Gasteiger partial charge < -0.3 is 10.2 Å². The maximum atomic E-state index is 13.7. The van der Waals surface area contributed by atoms with E-state index in [2.05, 4.69) is 5.32 Å². The Morgan fingerprint density at radius 2 is 1.78 bits per heavy atom. The molecule has 0 aliphatic heterocycles. The highest BCUT2D eigenvalue weighted by Gasteiger charge is 2.33. The Labute approximate surface area is 219 Å². The van der Waals surface area contributed by atoms with Crippen molar-refractivity contribution in [2.24, 2.45) is 0 Å². The van der Waals surface area contributed by atoms with Gasteiger partial charge in [0.05, 0.1) is 11.9 Å². The third-order valence-corrected chi connectivity index (χ3v) is 8.04. The number of amides is 2. The molecule has 36 heavy (non-hydrogen) atoms. The lowest BCUT2D eigenvalue weighted by Gasteiger charge is -2.33. The van der Waals surface area contributed by atoms with Crippen LogP contribution in [0, 0.1) is 6.92 Å². The number of anilines is 1. The molecular weight excluding hydrogens is 498 g/mol. The van der Waals surface area contributed by atoms with E-state index in [1.807, 2.05) is 37.3 Å². The number of carbonyl (C=O) groups excluding carboxylic acids is 2. The zero-order chi connectivity index (χ0) is 26.3. The van der Waals surface area contributed by atoms with Crippen LogP contribution in [0.2, 0.25) is 5.02 Å². The molecule has 196 valence electrons. The Balaban J connectivity index is 1.88. The molecule has 1 fully saturated rings. The molecule has 2 aromatic rings. The normalized spacial score (nSPS) is 14.9. The fraction of sp³-hybridized carbons (Fsp3) is 0.481. The van der Waals surface area contributed by atoms with Gasteiger partial charge in [-0.3, -0.25) is 13.9 Å². The van der Waals surface area contributed by atoms with Crippen LogP contribution in [0.1, 0.15) is 50.2 Å². The average Bonchev–Trinajstić information content (AvgIpc) is 3.33. The molecule has 0 radical (unpaired) electrons. The molecular formula is C27H36ClN3O4S. The number of nitrogens with one attached hydrogen (secondary N) is 1. The lowest BCUT2D eigenvalue weighted by Crippen LogP contribution is -2.54. The molecule has 0 bridgehead atoms. The van der Waals surface area contributed by atoms with Gasteiger partial charge in [0.1, 0.15) is 12.6 Å². The van der Waals surface area contributed by atoms with E-state index in [4.69, 9.17) is 11.6 Å². The van der Waals surface area contributed by atoms with Gasteiger partial charge in [-0.15, -0.1) is 0 Å². The van der Waals surface area contributed by atoms with Crippen molar-refractivity contribution in [1.82, 2.24) is 10.2 Å². The summed E-state index contributed by atoms with van der Waals surface area (Å²) in [5.74, 6) is -0.599. The van der Waals surface area contributed by atoms with Crippen molar-refractivity contribution < 1.29 is 18.0 Å². The standard InChI is InChI=1S/C27H36ClN3O4S/c1-4-24(27(33)29-23-12-8-9-13-23)30(17-16-21-10-6-5-7-11-21)26(32)19-31(36(3,34)35)25-15-14-22(28)18-20(25)2/h5-7,10-11,14-15,18,23-24H,4,8-9,12-13,16-17,19H2,1-3H3,(H,29,33). The quantitative estimate of drug-likeness (QED) is 0.466. The second-order valence-corrected chi connectivity index (χ2v) is 11.8. The highest BCUT2D eigenvalue weighted by Crippen LogP contribution is 2.26. The molecule has 0 saturated heterocycles. The number of carbonyl (C=O) groups is 2. The Bertz CT molecular complexity index is 1150. The van der Waals surface area contributed by atoms with Crippen LogP contribution >= 0.6 is 11.6 Å². The van der Waals surface area contributed by atoms with Crippen LogP contribution in [0.5, 0.6) is 0 Å². The minimum Gasteiger partial charge on any atom is -0.352 e. The minimum absolute atomic E-state index is 0.127. The van der Waals surface area contributed by atoms with Crippen LogP contribution in [0.25, 0.3) is 0 Å². The summed E-state index contributed by atoms with van der Waals surface area (Å²) < 4.78 is 26.6. The van der Waals surface area contributed by atoms with Gasteiger partial charge in [-0.05, 0) is 61.9 Å². The van der Waals surface area contributed by atoms with Crippen molar-refractivity contribution in [3.05, 3.63) is 64.7 Å². The van der Waals surface area contributed by atoms with Crippen LogP contribution in [0.3, 0.4) is 0 Å². The van der Waals surface area contributed by atoms with Crippen molar-refractivity contribution in [2.45, 2.75) is 64.5 Å². The zero-order valence-corrected chi connectivity index (χ0v) is 22.8. The minimum atomic E-state index is -3.78. The highest BCUT2D eigenvalue weighted by atomic mass is 35.5. The van der Waals surface area contributed by atoms with Gasteiger partial charge in [-0.25, -0.2) is 8.42 Å². The van der Waals surface area contributed by atoms with Gasteiger partial charge in [-0.2, -0.15) is 0 Å². The van der Waals surface area contributed by atoms with Crippen molar-refractivity contribution in [3.8, 4) is 0 Å². The first kappa shape index (κ1) is 28.0. The van der Waals surface area contributed by atoms with E-state index in [1.165, 1.54) is 0 Å². The largest absolute Gasteiger partial charge is 0.352 e. The fourth-order valence-electron chi connectivity index (χ4n) is 4.76. The predicted molar refractivity (Wildman–Crippen MR) is 145 cm³/mol. The van der Waals surface area contributed by atoms with Gasteiger partial charge >= 0.3 is 0 Å². The summed E-state index contributed by atoms with van der Waals surface area (Å²) in [6, 6.07) is 14.0. The van der Waals surface area contributed by atoms with Crippen LogP contribution in [0.4, 0.5) is 5.69 Å². The first-order chi connectivity index (χ1) is 17.1. The molecule has 0 heterocycles. The molecule has 1 aliphatic carbocycles. The predicted octanol–water partition coefficient (Wildman–Crippen LogP) is 4.32. The summed E-state index contributed by atoms with van der Waals surface area (Å²) >= 11 is 6.07. The smallest absolute Gasteiger partial charge is 0.244 e. The SMILES string of the molecule is CCC(C(=O)NC1CCCC1)N(CCc1ccccc1)C(=O)CN(c1ccc(Cl)cc1C)S(C)(=O)=O. The summed E-state index contributed by atoms with van der Waals surface area (Å²) in [6.45, 7) is 3.53. The van der Waals surface area contributed by atoms with Crippen LogP contribution in [0.15, 0.2) is 48.5 Å². The summed E-state index contributed by atoms with van der Waals surface area (Å²) in [6.07, 6.45) is 6.11. The summed E-state index contributed by atoms with van der Waals surface area (Å²) in [5.41, 5.74) is 2.07. The third-order valence-electron chi connectivity index (χ3n) is 6.68. The number of rotatable bonds is 11. The Kier molecular flexibility index (Phi) is 9.79. The highest BCUT2D eigenvalue weighted by molar-refractivity contribution is 7.92. The molecule has 9 heteroatoms. The molecule has 3 rings (SSSR count). The van der Waals surface area contributed by atoms with Gasteiger partial charge in [0, 0.05) is 17.6 Å². The van der Waals surface area contributed by atoms with Gasteiger partial charge in [-0.1, -0.05) is 61.7 Å². The first-order valence-electron chi connectivity index (χ1n) is 12.5. The Morgan fingerprint density at radius 1 is 1.11 bits per heavy atom. The molecule has 0 spiro atoms. The van der Waals surface area contributed by atoms with Crippen molar-refractivity contribution in [3.63, 3.8) is 0 Å². The lowest BCUT2D eigenvalue weighted by atomic mass is 10.1. The van der Waals surface area contributed by atoms with E-state index in [9.17, 15) is 18.0 Å². The lowest BCUT2D eigenvalue weighted by molar-refractivity contribution is -0.139. The summed E-state index contributed by atoms with van der Waals surface area (Å²) in [7, 11) is -3.78. The second kappa shape index (κ2) is 12.6. The maximum absolute atomic E-state index is 13.7. The van der Waals surface area contributed by atoms with Crippen LogP contribution in [-0.4, -0.2) is 56.6 Å². The monoisotopic (exact) mass is 533 g/mol.